The first-order valence-electron chi connectivity index (χ1n) is 8.39. The van der Waals surface area contributed by atoms with E-state index in [0.29, 0.717) is 30.2 Å². The summed E-state index contributed by atoms with van der Waals surface area (Å²) in [6.07, 6.45) is 1.32. The van der Waals surface area contributed by atoms with Crippen molar-refractivity contribution in [2.24, 2.45) is 0 Å². The molecule has 0 atom stereocenters. The lowest BCUT2D eigenvalue weighted by molar-refractivity contribution is 0.0156. The van der Waals surface area contributed by atoms with Crippen molar-refractivity contribution in [3.8, 4) is 5.75 Å². The number of rotatable bonds is 3. The molecule has 1 heterocycles. The molecule has 1 aliphatic rings. The Morgan fingerprint density at radius 1 is 1.32 bits per heavy atom. The molecule has 0 bridgehead atoms. The Hall–Kier alpha value is -1.17. The van der Waals surface area contributed by atoms with Crippen LogP contribution in [0.3, 0.4) is 0 Å². The van der Waals surface area contributed by atoms with E-state index in [1.807, 2.05) is 20.8 Å². The molecule has 0 radical (unpaired) electrons. The van der Waals surface area contributed by atoms with Gasteiger partial charge in [-0.05, 0) is 52.7 Å². The SMILES string of the molecule is CC1(NCc2cc(Cl)cc(Cl)c2O)CCN(C(=O)OC(C)(C)C)CC1. The van der Waals surface area contributed by atoms with E-state index in [9.17, 15) is 9.90 Å². The van der Waals surface area contributed by atoms with Gasteiger partial charge in [-0.2, -0.15) is 0 Å². The van der Waals surface area contributed by atoms with Crippen LogP contribution in [0, 0.1) is 0 Å². The average molecular weight is 389 g/mol. The van der Waals surface area contributed by atoms with Crippen molar-refractivity contribution >= 4 is 29.3 Å². The number of aromatic hydroxyl groups is 1. The fourth-order valence-corrected chi connectivity index (χ4v) is 3.28. The Morgan fingerprint density at radius 3 is 2.48 bits per heavy atom. The van der Waals surface area contributed by atoms with Crippen LogP contribution in [0.2, 0.25) is 10.0 Å². The summed E-state index contributed by atoms with van der Waals surface area (Å²) in [5.74, 6) is 0.0494. The molecule has 1 amide bonds. The minimum Gasteiger partial charge on any atom is -0.506 e. The first-order chi connectivity index (χ1) is 11.5. The predicted molar refractivity (Wildman–Crippen MR) is 100 cm³/mol. The maximum absolute atomic E-state index is 12.1. The number of carbonyl (C=O) groups is 1. The van der Waals surface area contributed by atoms with Gasteiger partial charge >= 0.3 is 6.09 Å². The van der Waals surface area contributed by atoms with Crippen LogP contribution in [0.15, 0.2) is 12.1 Å². The standard InChI is InChI=1S/C18H26Cl2N2O3/c1-17(2,3)25-16(24)22-7-5-18(4,6-8-22)21-11-12-9-13(19)10-14(20)15(12)23/h9-10,21,23H,5-8,11H2,1-4H3. The van der Waals surface area contributed by atoms with Crippen LogP contribution >= 0.6 is 23.2 Å². The summed E-state index contributed by atoms with van der Waals surface area (Å²) >= 11 is 12.0. The number of hydrogen-bond acceptors (Lipinski definition) is 4. The molecule has 25 heavy (non-hydrogen) atoms. The fourth-order valence-electron chi connectivity index (χ4n) is 2.75. The number of nitrogens with zero attached hydrogens (tertiary/aromatic N) is 1. The normalized spacial score (nSPS) is 17.4. The highest BCUT2D eigenvalue weighted by Crippen LogP contribution is 2.32. The first-order valence-corrected chi connectivity index (χ1v) is 9.14. The van der Waals surface area contributed by atoms with Gasteiger partial charge in [0.2, 0.25) is 0 Å². The van der Waals surface area contributed by atoms with Gasteiger partial charge in [-0.25, -0.2) is 4.79 Å². The van der Waals surface area contributed by atoms with Crippen molar-refractivity contribution in [3.05, 3.63) is 27.7 Å². The van der Waals surface area contributed by atoms with Crippen LogP contribution < -0.4 is 5.32 Å². The van der Waals surface area contributed by atoms with Gasteiger partial charge < -0.3 is 20.1 Å². The maximum Gasteiger partial charge on any atom is 0.410 e. The molecular weight excluding hydrogens is 363 g/mol. The van der Waals surface area contributed by atoms with Gasteiger partial charge in [0.05, 0.1) is 5.02 Å². The summed E-state index contributed by atoms with van der Waals surface area (Å²) in [5.41, 5.74) is 0.0347. The zero-order chi connectivity index (χ0) is 18.8. The van der Waals surface area contributed by atoms with Crippen LogP contribution in [-0.2, 0) is 11.3 Å². The Balaban J connectivity index is 1.92. The summed E-state index contributed by atoms with van der Waals surface area (Å²) < 4.78 is 5.42. The topological polar surface area (TPSA) is 61.8 Å². The van der Waals surface area contributed by atoms with E-state index in [1.54, 1.807) is 11.0 Å². The van der Waals surface area contributed by atoms with Crippen LogP contribution in [0.25, 0.3) is 0 Å². The summed E-state index contributed by atoms with van der Waals surface area (Å²) in [6, 6.07) is 3.22. The molecule has 0 aliphatic carbocycles. The van der Waals surface area contributed by atoms with E-state index in [-0.39, 0.29) is 22.4 Å². The smallest absolute Gasteiger partial charge is 0.410 e. The number of carbonyl (C=O) groups excluding carboxylic acids is 1. The monoisotopic (exact) mass is 388 g/mol. The lowest BCUT2D eigenvalue weighted by atomic mass is 9.89. The Kier molecular flexibility index (Phi) is 6.13. The second-order valence-electron chi connectivity index (χ2n) is 7.78. The van der Waals surface area contributed by atoms with Crippen LogP contribution in [-0.4, -0.2) is 40.3 Å². The average Bonchev–Trinajstić information content (AvgIpc) is 2.48. The summed E-state index contributed by atoms with van der Waals surface area (Å²) in [6.45, 7) is 9.41. The van der Waals surface area contributed by atoms with E-state index < -0.39 is 5.60 Å². The summed E-state index contributed by atoms with van der Waals surface area (Å²) in [5, 5.41) is 14.3. The number of ether oxygens (including phenoxy) is 1. The molecule has 0 aromatic heterocycles. The second-order valence-corrected chi connectivity index (χ2v) is 8.62. The van der Waals surface area contributed by atoms with Crippen LogP contribution in [0.4, 0.5) is 4.79 Å². The number of hydrogen-bond donors (Lipinski definition) is 2. The molecular formula is C18H26Cl2N2O3. The Labute approximate surface area is 159 Å². The molecule has 7 heteroatoms. The molecule has 2 N–H and O–H groups in total. The quantitative estimate of drug-likeness (QED) is 0.795. The van der Waals surface area contributed by atoms with Gasteiger partial charge in [0.1, 0.15) is 11.4 Å². The van der Waals surface area contributed by atoms with E-state index >= 15 is 0 Å². The highest BCUT2D eigenvalue weighted by Gasteiger charge is 2.33. The number of phenolic OH excluding ortho intramolecular Hbond substituents is 1. The maximum atomic E-state index is 12.1. The van der Waals surface area contributed by atoms with Gasteiger partial charge in [-0.1, -0.05) is 23.2 Å². The van der Waals surface area contributed by atoms with Gasteiger partial charge in [0, 0.05) is 35.8 Å². The molecule has 1 aromatic carbocycles. The number of phenols is 1. The first kappa shape index (κ1) is 20.1. The van der Waals surface area contributed by atoms with Gasteiger partial charge in [-0.3, -0.25) is 0 Å². The third-order valence-corrected chi connectivity index (χ3v) is 4.84. The molecule has 1 saturated heterocycles. The molecule has 140 valence electrons. The van der Waals surface area contributed by atoms with Crippen molar-refractivity contribution in [1.82, 2.24) is 10.2 Å². The van der Waals surface area contributed by atoms with E-state index in [0.717, 1.165) is 12.8 Å². The molecule has 0 saturated carbocycles. The zero-order valence-electron chi connectivity index (χ0n) is 15.2. The van der Waals surface area contributed by atoms with Crippen molar-refractivity contribution in [2.45, 2.75) is 58.2 Å². The van der Waals surface area contributed by atoms with Crippen LogP contribution in [0.5, 0.6) is 5.75 Å². The van der Waals surface area contributed by atoms with Crippen LogP contribution in [0.1, 0.15) is 46.1 Å². The van der Waals surface area contributed by atoms with Gasteiger partial charge in [-0.15, -0.1) is 0 Å². The number of amides is 1. The second kappa shape index (κ2) is 7.60. The molecule has 0 unspecified atom stereocenters. The summed E-state index contributed by atoms with van der Waals surface area (Å²) in [7, 11) is 0. The molecule has 5 nitrogen and oxygen atoms in total. The minimum absolute atomic E-state index is 0.0494. The van der Waals surface area contributed by atoms with Crippen molar-refractivity contribution in [2.75, 3.05) is 13.1 Å². The lowest BCUT2D eigenvalue weighted by Gasteiger charge is -2.40. The van der Waals surface area contributed by atoms with E-state index in [4.69, 9.17) is 27.9 Å². The third kappa shape index (κ3) is 5.66. The number of likely N-dealkylation sites (tertiary alicyclic amines) is 1. The lowest BCUT2D eigenvalue weighted by Crippen LogP contribution is -2.53. The third-order valence-electron chi connectivity index (χ3n) is 4.33. The largest absolute Gasteiger partial charge is 0.506 e. The number of nitrogens with one attached hydrogen (secondary N) is 1. The number of halogens is 2. The molecule has 1 fully saturated rings. The fraction of sp³-hybridized carbons (Fsp3) is 0.611. The van der Waals surface area contributed by atoms with Crippen molar-refractivity contribution < 1.29 is 14.6 Å². The molecule has 0 spiro atoms. The molecule has 2 rings (SSSR count). The zero-order valence-corrected chi connectivity index (χ0v) is 16.7. The minimum atomic E-state index is -0.487. The molecule has 1 aliphatic heterocycles. The van der Waals surface area contributed by atoms with Crippen molar-refractivity contribution in [1.29, 1.82) is 0 Å². The van der Waals surface area contributed by atoms with Crippen molar-refractivity contribution in [3.63, 3.8) is 0 Å². The summed E-state index contributed by atoms with van der Waals surface area (Å²) in [4.78, 5) is 13.9. The number of benzene rings is 1. The van der Waals surface area contributed by atoms with E-state index in [1.165, 1.54) is 6.07 Å². The Morgan fingerprint density at radius 2 is 1.92 bits per heavy atom. The van der Waals surface area contributed by atoms with E-state index in [2.05, 4.69) is 12.2 Å². The highest BCUT2D eigenvalue weighted by molar-refractivity contribution is 6.35. The molecule has 1 aromatic rings. The Bertz CT molecular complexity index is 636. The predicted octanol–water partition coefficient (Wildman–Crippen LogP) is 4.58. The number of piperidine rings is 1. The highest BCUT2D eigenvalue weighted by atomic mass is 35.5. The van der Waals surface area contributed by atoms with Gasteiger partial charge in [0.25, 0.3) is 0 Å². The van der Waals surface area contributed by atoms with Gasteiger partial charge in [0.15, 0.2) is 0 Å².